The molecule has 1 amide bonds. The summed E-state index contributed by atoms with van der Waals surface area (Å²) in [6.45, 7) is 3.99. The number of aromatic nitrogens is 1. The maximum absolute atomic E-state index is 13.1. The van der Waals surface area contributed by atoms with Crippen molar-refractivity contribution >= 4 is 27.4 Å². The third kappa shape index (κ3) is 5.31. The molecule has 0 unspecified atom stereocenters. The number of benzene rings is 2. The number of carbonyl (C=O) groups excluding carboxylic acids is 1. The summed E-state index contributed by atoms with van der Waals surface area (Å²) >= 11 is 0. The van der Waals surface area contributed by atoms with Gasteiger partial charge in [-0.1, -0.05) is 18.2 Å². The first-order valence-electron chi connectivity index (χ1n) is 11.1. The molecule has 3 aromatic rings. The fourth-order valence-electron chi connectivity index (χ4n) is 3.93. The molecular formula is C25H28N4O4S. The van der Waals surface area contributed by atoms with E-state index in [1.54, 1.807) is 49.5 Å². The average Bonchev–Trinajstić information content (AvgIpc) is 3.38. The number of pyridine rings is 1. The third-order valence-electron chi connectivity index (χ3n) is 5.78. The third-order valence-corrected chi connectivity index (χ3v) is 7.29. The van der Waals surface area contributed by atoms with Gasteiger partial charge in [0.15, 0.2) is 0 Å². The zero-order chi connectivity index (χ0) is 24.1. The second-order valence-electron chi connectivity index (χ2n) is 8.19. The summed E-state index contributed by atoms with van der Waals surface area (Å²) < 4.78 is 34.0. The number of anilines is 2. The zero-order valence-electron chi connectivity index (χ0n) is 19.2. The molecule has 9 heteroatoms. The largest absolute Gasteiger partial charge is 0.495 e. The summed E-state index contributed by atoms with van der Waals surface area (Å²) in [7, 11) is -2.47. The van der Waals surface area contributed by atoms with Crippen LogP contribution in [-0.4, -0.2) is 39.5 Å². The Morgan fingerprint density at radius 2 is 1.85 bits per heavy atom. The Kier molecular flexibility index (Phi) is 7.02. The zero-order valence-corrected chi connectivity index (χ0v) is 20.1. The van der Waals surface area contributed by atoms with Gasteiger partial charge in [0.25, 0.3) is 15.9 Å². The summed E-state index contributed by atoms with van der Waals surface area (Å²) in [5, 5.41) is 2.88. The van der Waals surface area contributed by atoms with E-state index in [2.05, 4.69) is 19.9 Å². The molecule has 0 saturated carbocycles. The van der Waals surface area contributed by atoms with Gasteiger partial charge in [-0.2, -0.15) is 0 Å². The predicted octanol–water partition coefficient (Wildman–Crippen LogP) is 3.73. The highest BCUT2D eigenvalue weighted by molar-refractivity contribution is 7.92. The van der Waals surface area contributed by atoms with E-state index in [4.69, 9.17) is 4.74 Å². The molecule has 1 fully saturated rings. The van der Waals surface area contributed by atoms with Gasteiger partial charge in [-0.05, 0) is 67.3 Å². The molecule has 4 rings (SSSR count). The average molecular weight is 481 g/mol. The first-order valence-corrected chi connectivity index (χ1v) is 12.6. The minimum atomic E-state index is -3.94. The molecule has 1 saturated heterocycles. The van der Waals surface area contributed by atoms with Crippen LogP contribution in [0, 0.1) is 6.92 Å². The number of nitrogens with one attached hydrogen (secondary N) is 2. The van der Waals surface area contributed by atoms with E-state index in [1.807, 2.05) is 12.1 Å². The minimum Gasteiger partial charge on any atom is -0.495 e. The number of carbonyl (C=O) groups is 1. The fourth-order valence-corrected chi connectivity index (χ4v) is 5.28. The number of hydrogen-bond acceptors (Lipinski definition) is 6. The van der Waals surface area contributed by atoms with E-state index < -0.39 is 10.0 Å². The lowest BCUT2D eigenvalue weighted by molar-refractivity contribution is 0.0950. The Morgan fingerprint density at radius 1 is 1.09 bits per heavy atom. The summed E-state index contributed by atoms with van der Waals surface area (Å²) in [4.78, 5) is 19.5. The Balaban J connectivity index is 1.49. The van der Waals surface area contributed by atoms with Gasteiger partial charge in [0.05, 0.1) is 17.7 Å². The highest BCUT2D eigenvalue weighted by Gasteiger charge is 2.21. The Labute approximate surface area is 200 Å². The molecule has 1 aromatic heterocycles. The molecule has 34 heavy (non-hydrogen) atoms. The van der Waals surface area contributed by atoms with Gasteiger partial charge < -0.3 is 15.0 Å². The SMILES string of the molecule is COc1ccccc1NS(=O)(=O)c1cc(C(=O)NCc2ccnc(N3CCCC3)c2)ccc1C. The van der Waals surface area contributed by atoms with Crippen molar-refractivity contribution in [3.63, 3.8) is 0 Å². The Morgan fingerprint density at radius 3 is 2.62 bits per heavy atom. The van der Waals surface area contributed by atoms with Crippen LogP contribution in [-0.2, 0) is 16.6 Å². The van der Waals surface area contributed by atoms with E-state index in [-0.39, 0.29) is 16.4 Å². The molecule has 1 aliphatic heterocycles. The summed E-state index contributed by atoms with van der Waals surface area (Å²) in [5.41, 5.74) is 2.05. The topological polar surface area (TPSA) is 101 Å². The lowest BCUT2D eigenvalue weighted by Crippen LogP contribution is -2.24. The minimum absolute atomic E-state index is 0.0336. The van der Waals surface area contributed by atoms with Gasteiger partial charge in [-0.15, -0.1) is 0 Å². The summed E-state index contributed by atoms with van der Waals surface area (Å²) in [6, 6.07) is 15.2. The van der Waals surface area contributed by atoms with E-state index in [9.17, 15) is 13.2 Å². The monoisotopic (exact) mass is 480 g/mol. The standard InChI is InChI=1S/C25H28N4O4S/c1-18-9-10-20(16-23(18)34(31,32)28-21-7-3-4-8-22(21)33-2)25(30)27-17-19-11-12-26-24(15-19)29-13-5-6-14-29/h3-4,7-12,15-16,28H,5-6,13-14,17H2,1-2H3,(H,27,30). The van der Waals surface area contributed by atoms with Crippen LogP contribution in [0.3, 0.4) is 0 Å². The molecule has 0 spiro atoms. The van der Waals surface area contributed by atoms with E-state index in [1.165, 1.54) is 13.2 Å². The second-order valence-corrected chi connectivity index (χ2v) is 9.84. The van der Waals surface area contributed by atoms with Crippen molar-refractivity contribution in [2.75, 3.05) is 29.8 Å². The number of nitrogens with zero attached hydrogens (tertiary/aromatic N) is 2. The number of para-hydroxylation sites is 2. The van der Waals surface area contributed by atoms with Crippen LogP contribution in [0.25, 0.3) is 0 Å². The number of ether oxygens (including phenoxy) is 1. The Hall–Kier alpha value is -3.59. The molecule has 178 valence electrons. The highest BCUT2D eigenvalue weighted by Crippen LogP contribution is 2.27. The van der Waals surface area contributed by atoms with Crippen molar-refractivity contribution in [2.45, 2.75) is 31.2 Å². The first kappa shape index (κ1) is 23.6. The lowest BCUT2D eigenvalue weighted by Gasteiger charge is -2.17. The van der Waals surface area contributed by atoms with Gasteiger partial charge in [-0.25, -0.2) is 13.4 Å². The molecule has 2 aromatic carbocycles. The smallest absolute Gasteiger partial charge is 0.262 e. The van der Waals surface area contributed by atoms with E-state index in [0.29, 0.717) is 23.5 Å². The normalized spacial score (nSPS) is 13.5. The van der Waals surface area contributed by atoms with Crippen LogP contribution in [0.1, 0.15) is 34.3 Å². The molecule has 8 nitrogen and oxygen atoms in total. The van der Waals surface area contributed by atoms with Crippen molar-refractivity contribution in [3.8, 4) is 5.75 Å². The predicted molar refractivity (Wildman–Crippen MR) is 132 cm³/mol. The molecule has 2 N–H and O–H groups in total. The van der Waals surface area contributed by atoms with Gasteiger partial charge in [0.2, 0.25) is 0 Å². The highest BCUT2D eigenvalue weighted by atomic mass is 32.2. The van der Waals surface area contributed by atoms with Crippen LogP contribution in [0.4, 0.5) is 11.5 Å². The van der Waals surface area contributed by atoms with Crippen molar-refractivity contribution in [3.05, 3.63) is 77.5 Å². The van der Waals surface area contributed by atoms with Gasteiger partial charge >= 0.3 is 0 Å². The second kappa shape index (κ2) is 10.1. The quantitative estimate of drug-likeness (QED) is 0.510. The molecule has 0 atom stereocenters. The molecular weight excluding hydrogens is 452 g/mol. The maximum Gasteiger partial charge on any atom is 0.262 e. The van der Waals surface area contributed by atoms with E-state index >= 15 is 0 Å². The molecule has 2 heterocycles. The van der Waals surface area contributed by atoms with Crippen LogP contribution in [0.5, 0.6) is 5.75 Å². The van der Waals surface area contributed by atoms with Crippen molar-refractivity contribution in [1.29, 1.82) is 0 Å². The molecule has 0 bridgehead atoms. The van der Waals surface area contributed by atoms with Crippen molar-refractivity contribution in [2.24, 2.45) is 0 Å². The van der Waals surface area contributed by atoms with Crippen LogP contribution in [0.2, 0.25) is 0 Å². The van der Waals surface area contributed by atoms with Crippen molar-refractivity contribution < 1.29 is 17.9 Å². The number of hydrogen-bond donors (Lipinski definition) is 2. The molecule has 1 aliphatic rings. The van der Waals surface area contributed by atoms with Crippen LogP contribution in [0.15, 0.2) is 65.7 Å². The number of aryl methyl sites for hydroxylation is 1. The number of sulfonamides is 1. The van der Waals surface area contributed by atoms with Gasteiger partial charge in [0, 0.05) is 31.4 Å². The van der Waals surface area contributed by atoms with E-state index in [0.717, 1.165) is 37.3 Å². The summed E-state index contributed by atoms with van der Waals surface area (Å²) in [6.07, 6.45) is 4.07. The molecule has 0 aliphatic carbocycles. The van der Waals surface area contributed by atoms with Gasteiger partial charge in [0.1, 0.15) is 11.6 Å². The maximum atomic E-state index is 13.1. The van der Waals surface area contributed by atoms with Gasteiger partial charge in [-0.3, -0.25) is 9.52 Å². The van der Waals surface area contributed by atoms with Crippen LogP contribution >= 0.6 is 0 Å². The number of amides is 1. The number of methoxy groups -OCH3 is 1. The van der Waals surface area contributed by atoms with Crippen LogP contribution < -0.4 is 19.7 Å². The first-order chi connectivity index (χ1) is 16.4. The fraction of sp³-hybridized carbons (Fsp3) is 0.280. The molecule has 0 radical (unpaired) electrons. The van der Waals surface area contributed by atoms with Crippen molar-refractivity contribution in [1.82, 2.24) is 10.3 Å². The lowest BCUT2D eigenvalue weighted by atomic mass is 10.1. The number of rotatable bonds is 8. The summed E-state index contributed by atoms with van der Waals surface area (Å²) in [5.74, 6) is 0.965. The Bertz CT molecular complexity index is 1290.